The highest BCUT2D eigenvalue weighted by atomic mass is 32.1. The first-order chi connectivity index (χ1) is 12.0. The standard InChI is InChI=1S/C19H23F3N2S/c1-2-13-9-14(13)11-23-5-7-24(8-6-23)17-12-25-18-10-15(19(20,21)22)3-4-16(17)18/h3-4,10,12-14H,2,5-9,11H2,1H3/t13-,14?/m1/s1. The highest BCUT2D eigenvalue weighted by Gasteiger charge is 2.37. The van der Waals surface area contributed by atoms with Crippen molar-refractivity contribution in [2.24, 2.45) is 11.8 Å². The molecule has 1 aliphatic heterocycles. The van der Waals surface area contributed by atoms with Crippen LogP contribution in [0.25, 0.3) is 10.1 Å². The summed E-state index contributed by atoms with van der Waals surface area (Å²) in [6.07, 6.45) is -1.60. The van der Waals surface area contributed by atoms with Crippen LogP contribution in [0.1, 0.15) is 25.3 Å². The predicted molar refractivity (Wildman–Crippen MR) is 97.4 cm³/mol. The van der Waals surface area contributed by atoms with Crippen LogP contribution < -0.4 is 4.90 Å². The van der Waals surface area contributed by atoms with Gasteiger partial charge in [0.25, 0.3) is 0 Å². The lowest BCUT2D eigenvalue weighted by molar-refractivity contribution is -0.137. The number of halogens is 3. The fourth-order valence-corrected chi connectivity index (χ4v) is 4.98. The van der Waals surface area contributed by atoms with E-state index in [0.29, 0.717) is 0 Å². The summed E-state index contributed by atoms with van der Waals surface area (Å²) in [5.41, 5.74) is 0.527. The zero-order valence-corrected chi connectivity index (χ0v) is 15.2. The number of fused-ring (bicyclic) bond motifs is 1. The molecule has 6 heteroatoms. The predicted octanol–water partition coefficient (Wildman–Crippen LogP) is 5.09. The molecule has 1 unspecified atom stereocenters. The summed E-state index contributed by atoms with van der Waals surface area (Å²) in [6.45, 7) is 7.49. The number of thiophene rings is 1. The van der Waals surface area contributed by atoms with Gasteiger partial charge in [-0.2, -0.15) is 13.2 Å². The molecule has 136 valence electrons. The lowest BCUT2D eigenvalue weighted by atomic mass is 10.1. The smallest absolute Gasteiger partial charge is 0.368 e. The fraction of sp³-hybridized carbons (Fsp3) is 0.579. The topological polar surface area (TPSA) is 6.48 Å². The molecular weight excluding hydrogens is 345 g/mol. The molecule has 0 amide bonds. The van der Waals surface area contributed by atoms with E-state index in [1.807, 2.05) is 5.38 Å². The summed E-state index contributed by atoms with van der Waals surface area (Å²) >= 11 is 1.41. The summed E-state index contributed by atoms with van der Waals surface area (Å²) in [5.74, 6) is 1.82. The number of hydrogen-bond acceptors (Lipinski definition) is 3. The van der Waals surface area contributed by atoms with E-state index in [-0.39, 0.29) is 0 Å². The van der Waals surface area contributed by atoms with E-state index in [0.717, 1.165) is 53.8 Å². The molecule has 2 atom stereocenters. The minimum Gasteiger partial charge on any atom is -0.368 e. The van der Waals surface area contributed by atoms with E-state index in [9.17, 15) is 13.2 Å². The van der Waals surface area contributed by atoms with Gasteiger partial charge >= 0.3 is 6.18 Å². The SMILES string of the molecule is CC[C@@H]1CC1CN1CCN(c2csc3cc(C(F)(F)F)ccc23)CC1. The Morgan fingerprint density at radius 1 is 1.12 bits per heavy atom. The minimum absolute atomic E-state index is 0.562. The third kappa shape index (κ3) is 3.51. The second kappa shape index (κ2) is 6.47. The number of hydrogen-bond donors (Lipinski definition) is 0. The van der Waals surface area contributed by atoms with Crippen molar-refractivity contribution in [1.82, 2.24) is 4.90 Å². The first kappa shape index (κ1) is 17.2. The Morgan fingerprint density at radius 2 is 1.88 bits per heavy atom. The Hall–Kier alpha value is -1.27. The molecule has 1 aromatic heterocycles. The monoisotopic (exact) mass is 368 g/mol. The van der Waals surface area contributed by atoms with Crippen molar-refractivity contribution in [2.75, 3.05) is 37.6 Å². The molecule has 1 aliphatic carbocycles. The van der Waals surface area contributed by atoms with Crippen molar-refractivity contribution in [3.8, 4) is 0 Å². The largest absolute Gasteiger partial charge is 0.416 e. The van der Waals surface area contributed by atoms with E-state index in [1.54, 1.807) is 6.07 Å². The quantitative estimate of drug-likeness (QED) is 0.742. The lowest BCUT2D eigenvalue weighted by Gasteiger charge is -2.36. The molecular formula is C19H23F3N2S. The molecule has 1 saturated heterocycles. The Labute approximate surface area is 150 Å². The third-order valence-corrected chi connectivity index (χ3v) is 6.61. The summed E-state index contributed by atoms with van der Waals surface area (Å²) in [4.78, 5) is 4.87. The van der Waals surface area contributed by atoms with Gasteiger partial charge in [-0.05, 0) is 30.4 Å². The molecule has 2 aromatic rings. The van der Waals surface area contributed by atoms with E-state index < -0.39 is 11.7 Å². The van der Waals surface area contributed by atoms with Gasteiger partial charge in [0.05, 0.1) is 11.3 Å². The van der Waals surface area contributed by atoms with E-state index >= 15 is 0 Å². The second-order valence-corrected chi connectivity index (χ2v) is 8.19. The molecule has 0 N–H and O–H groups in total. The highest BCUT2D eigenvalue weighted by molar-refractivity contribution is 7.17. The summed E-state index contributed by atoms with van der Waals surface area (Å²) in [5, 5.41) is 2.95. The number of piperazine rings is 1. The zero-order chi connectivity index (χ0) is 17.6. The molecule has 4 rings (SSSR count). The van der Waals surface area contributed by atoms with Gasteiger partial charge < -0.3 is 4.90 Å². The van der Waals surface area contributed by atoms with Crippen molar-refractivity contribution < 1.29 is 13.2 Å². The maximum Gasteiger partial charge on any atom is 0.416 e. The van der Waals surface area contributed by atoms with E-state index in [1.165, 1.54) is 42.9 Å². The van der Waals surface area contributed by atoms with Crippen LogP contribution in [0.15, 0.2) is 23.6 Å². The van der Waals surface area contributed by atoms with Gasteiger partial charge in [-0.3, -0.25) is 4.90 Å². The maximum absolute atomic E-state index is 12.9. The summed E-state index contributed by atoms with van der Waals surface area (Å²) in [6, 6.07) is 4.11. The van der Waals surface area contributed by atoms with Crippen LogP contribution >= 0.6 is 11.3 Å². The summed E-state index contributed by atoms with van der Waals surface area (Å²) < 4.78 is 39.3. The van der Waals surface area contributed by atoms with Gasteiger partial charge in [-0.1, -0.05) is 19.4 Å². The Balaban J connectivity index is 1.43. The normalized spacial score (nSPS) is 24.9. The average molecular weight is 368 g/mol. The molecule has 1 aromatic carbocycles. The Bertz CT molecular complexity index is 747. The number of benzene rings is 1. The number of nitrogens with zero attached hydrogens (tertiary/aromatic N) is 2. The van der Waals surface area contributed by atoms with Crippen LogP contribution in [0.4, 0.5) is 18.9 Å². The number of rotatable bonds is 4. The van der Waals surface area contributed by atoms with Crippen molar-refractivity contribution >= 4 is 27.1 Å². The molecule has 0 bridgehead atoms. The van der Waals surface area contributed by atoms with Gasteiger partial charge in [0, 0.05) is 48.2 Å². The zero-order valence-electron chi connectivity index (χ0n) is 14.4. The van der Waals surface area contributed by atoms with Crippen LogP contribution in [0.5, 0.6) is 0 Å². The van der Waals surface area contributed by atoms with Crippen LogP contribution in [0, 0.1) is 11.8 Å². The van der Waals surface area contributed by atoms with Crippen LogP contribution in [-0.4, -0.2) is 37.6 Å². The Kier molecular flexibility index (Phi) is 4.44. The van der Waals surface area contributed by atoms with Crippen molar-refractivity contribution in [3.63, 3.8) is 0 Å². The molecule has 2 heterocycles. The Morgan fingerprint density at radius 3 is 2.52 bits per heavy atom. The molecule has 2 fully saturated rings. The molecule has 1 saturated carbocycles. The molecule has 0 radical (unpaired) electrons. The minimum atomic E-state index is -4.27. The molecule has 2 aliphatic rings. The van der Waals surface area contributed by atoms with Gasteiger partial charge in [-0.15, -0.1) is 11.3 Å². The third-order valence-electron chi connectivity index (χ3n) is 5.68. The van der Waals surface area contributed by atoms with Gasteiger partial charge in [-0.25, -0.2) is 0 Å². The van der Waals surface area contributed by atoms with Crippen LogP contribution in [0.2, 0.25) is 0 Å². The van der Waals surface area contributed by atoms with Crippen molar-refractivity contribution in [2.45, 2.75) is 25.9 Å². The average Bonchev–Trinajstić information content (AvgIpc) is 3.20. The molecule has 0 spiro atoms. The van der Waals surface area contributed by atoms with Crippen molar-refractivity contribution in [1.29, 1.82) is 0 Å². The maximum atomic E-state index is 12.9. The van der Waals surface area contributed by atoms with Gasteiger partial charge in [0.2, 0.25) is 0 Å². The van der Waals surface area contributed by atoms with E-state index in [4.69, 9.17) is 0 Å². The van der Waals surface area contributed by atoms with Crippen LogP contribution in [0.3, 0.4) is 0 Å². The number of anilines is 1. The van der Waals surface area contributed by atoms with Crippen LogP contribution in [-0.2, 0) is 6.18 Å². The van der Waals surface area contributed by atoms with Gasteiger partial charge in [0.1, 0.15) is 0 Å². The molecule has 25 heavy (non-hydrogen) atoms. The molecule has 2 nitrogen and oxygen atoms in total. The first-order valence-corrected chi connectivity index (χ1v) is 9.89. The second-order valence-electron chi connectivity index (χ2n) is 7.28. The van der Waals surface area contributed by atoms with E-state index in [2.05, 4.69) is 16.7 Å². The highest BCUT2D eigenvalue weighted by Crippen LogP contribution is 2.42. The van der Waals surface area contributed by atoms with Crippen molar-refractivity contribution in [3.05, 3.63) is 29.1 Å². The lowest BCUT2D eigenvalue weighted by Crippen LogP contribution is -2.47. The summed E-state index contributed by atoms with van der Waals surface area (Å²) in [7, 11) is 0. The fourth-order valence-electron chi connectivity index (χ4n) is 3.97. The van der Waals surface area contributed by atoms with Gasteiger partial charge in [0.15, 0.2) is 0 Å². The first-order valence-electron chi connectivity index (χ1n) is 9.01. The number of alkyl halides is 3.